The van der Waals surface area contributed by atoms with E-state index in [0.717, 1.165) is 5.75 Å². The number of hydrogen-bond donors (Lipinski definition) is 1. The first-order valence-electron chi connectivity index (χ1n) is 3.51. The third-order valence-electron chi connectivity index (χ3n) is 1.55. The third kappa shape index (κ3) is 1.63. The van der Waals surface area contributed by atoms with Gasteiger partial charge >= 0.3 is 11.4 Å². The number of aryl methyl sites for hydroxylation is 1. The molecular weight excluding hydrogens is 178 g/mol. The molecule has 0 aromatic carbocycles. The normalized spacial score (nSPS) is 10.5. The summed E-state index contributed by atoms with van der Waals surface area (Å²) in [6.45, 7) is 0.468. The Kier molecular flexibility index (Phi) is 2.80. The van der Waals surface area contributed by atoms with Crippen LogP contribution >= 0.6 is 11.8 Å². The van der Waals surface area contributed by atoms with Crippen LogP contribution in [0.2, 0.25) is 0 Å². The van der Waals surface area contributed by atoms with Crippen molar-refractivity contribution in [2.24, 2.45) is 7.05 Å². The number of H-pyrrole nitrogens is 1. The molecule has 0 saturated carbocycles. The van der Waals surface area contributed by atoms with Gasteiger partial charge in [-0.15, -0.1) is 0 Å². The van der Waals surface area contributed by atoms with Crippen LogP contribution in [0.4, 0.5) is 0 Å². The number of aromatic amines is 1. The Labute approximate surface area is 73.4 Å². The van der Waals surface area contributed by atoms with Crippen LogP contribution in [0.25, 0.3) is 0 Å². The highest BCUT2D eigenvalue weighted by Crippen LogP contribution is 1.90. The standard InChI is InChI=1S/C6H11N3O2S/c1-8-6(11)9(3-4-12-2)5(10)7-8/h3-4H2,1-2H3,(H,7,10). The van der Waals surface area contributed by atoms with Crippen LogP contribution in [0.1, 0.15) is 0 Å². The number of hydrogen-bond acceptors (Lipinski definition) is 3. The molecule has 0 bridgehead atoms. The second kappa shape index (κ2) is 3.66. The summed E-state index contributed by atoms with van der Waals surface area (Å²) >= 11 is 1.60. The highest BCUT2D eigenvalue weighted by atomic mass is 32.2. The van der Waals surface area contributed by atoms with E-state index in [9.17, 15) is 9.59 Å². The molecule has 1 heterocycles. The molecule has 0 aliphatic heterocycles. The summed E-state index contributed by atoms with van der Waals surface area (Å²) < 4.78 is 2.37. The first-order chi connectivity index (χ1) is 5.66. The summed E-state index contributed by atoms with van der Waals surface area (Å²) in [6.07, 6.45) is 1.93. The van der Waals surface area contributed by atoms with Gasteiger partial charge in [0.05, 0.1) is 0 Å². The van der Waals surface area contributed by atoms with E-state index in [0.29, 0.717) is 6.54 Å². The summed E-state index contributed by atoms with van der Waals surface area (Å²) in [5.41, 5.74) is -0.620. The summed E-state index contributed by atoms with van der Waals surface area (Å²) in [5.74, 6) is 0.771. The molecular formula is C6H11N3O2S. The van der Waals surface area contributed by atoms with Gasteiger partial charge in [0.25, 0.3) is 0 Å². The average Bonchev–Trinajstić information content (AvgIpc) is 2.25. The predicted octanol–water partition coefficient (Wildman–Crippen LogP) is -0.762. The van der Waals surface area contributed by atoms with Gasteiger partial charge in [-0.25, -0.2) is 23.9 Å². The maximum atomic E-state index is 11.2. The minimum atomic E-state index is -0.337. The molecule has 1 N–H and O–H groups in total. The highest BCUT2D eigenvalue weighted by molar-refractivity contribution is 7.98. The van der Waals surface area contributed by atoms with Crippen molar-refractivity contribution < 1.29 is 0 Å². The van der Waals surface area contributed by atoms with Gasteiger partial charge in [0.1, 0.15) is 0 Å². The Morgan fingerprint density at radius 2 is 2.17 bits per heavy atom. The minimum absolute atomic E-state index is 0.283. The largest absolute Gasteiger partial charge is 0.346 e. The molecule has 12 heavy (non-hydrogen) atoms. The molecule has 68 valence electrons. The zero-order chi connectivity index (χ0) is 9.14. The molecule has 1 rings (SSSR count). The van der Waals surface area contributed by atoms with Gasteiger partial charge in [0, 0.05) is 19.3 Å². The Morgan fingerprint density at radius 1 is 1.50 bits per heavy atom. The Hall–Kier alpha value is -0.910. The second-order valence-electron chi connectivity index (χ2n) is 2.40. The van der Waals surface area contributed by atoms with Gasteiger partial charge < -0.3 is 0 Å². The highest BCUT2D eigenvalue weighted by Gasteiger charge is 2.03. The summed E-state index contributed by atoms with van der Waals surface area (Å²) in [4.78, 5) is 22.2. The third-order valence-corrected chi connectivity index (χ3v) is 2.14. The lowest BCUT2D eigenvalue weighted by atomic mass is 10.7. The van der Waals surface area contributed by atoms with Gasteiger partial charge in [-0.1, -0.05) is 0 Å². The first-order valence-corrected chi connectivity index (χ1v) is 4.91. The van der Waals surface area contributed by atoms with E-state index in [1.54, 1.807) is 11.8 Å². The van der Waals surface area contributed by atoms with Gasteiger partial charge in [0.2, 0.25) is 0 Å². The van der Waals surface area contributed by atoms with E-state index in [2.05, 4.69) is 5.10 Å². The van der Waals surface area contributed by atoms with Crippen LogP contribution in [0.15, 0.2) is 9.59 Å². The van der Waals surface area contributed by atoms with Crippen molar-refractivity contribution in [2.75, 3.05) is 12.0 Å². The van der Waals surface area contributed by atoms with E-state index in [-0.39, 0.29) is 11.4 Å². The smallest absolute Gasteiger partial charge is 0.246 e. The molecule has 0 fully saturated rings. The lowest BCUT2D eigenvalue weighted by Crippen LogP contribution is -2.28. The van der Waals surface area contributed by atoms with Crippen LogP contribution in [-0.2, 0) is 13.6 Å². The average molecular weight is 189 g/mol. The van der Waals surface area contributed by atoms with Crippen LogP contribution < -0.4 is 11.4 Å². The number of thioether (sulfide) groups is 1. The van der Waals surface area contributed by atoms with Gasteiger partial charge in [-0.05, 0) is 6.26 Å². The molecule has 0 unspecified atom stereocenters. The molecule has 0 radical (unpaired) electrons. The minimum Gasteiger partial charge on any atom is -0.246 e. The van der Waals surface area contributed by atoms with Crippen molar-refractivity contribution >= 4 is 11.8 Å². The number of nitrogens with one attached hydrogen (secondary N) is 1. The van der Waals surface area contributed by atoms with E-state index >= 15 is 0 Å². The zero-order valence-corrected chi connectivity index (χ0v) is 7.85. The quantitative estimate of drug-likeness (QED) is 0.679. The molecule has 0 atom stereocenters. The summed E-state index contributed by atoms with van der Waals surface area (Å²) in [5, 5.41) is 2.39. The van der Waals surface area contributed by atoms with Crippen LogP contribution in [0, 0.1) is 0 Å². The lowest BCUT2D eigenvalue weighted by molar-refractivity contribution is 0.678. The van der Waals surface area contributed by atoms with Crippen molar-refractivity contribution in [3.05, 3.63) is 21.0 Å². The maximum Gasteiger partial charge on any atom is 0.346 e. The summed E-state index contributed by atoms with van der Waals surface area (Å²) in [7, 11) is 1.53. The monoisotopic (exact) mass is 189 g/mol. The van der Waals surface area contributed by atoms with Gasteiger partial charge in [0.15, 0.2) is 0 Å². The van der Waals surface area contributed by atoms with E-state index in [4.69, 9.17) is 0 Å². The van der Waals surface area contributed by atoms with Gasteiger partial charge in [-0.2, -0.15) is 11.8 Å². The molecule has 0 aliphatic carbocycles. The Bertz CT molecular complexity index is 362. The van der Waals surface area contributed by atoms with E-state index < -0.39 is 0 Å². The van der Waals surface area contributed by atoms with Crippen molar-refractivity contribution in [3.8, 4) is 0 Å². The van der Waals surface area contributed by atoms with Crippen LogP contribution in [0.3, 0.4) is 0 Å². The molecule has 0 spiro atoms. The fourth-order valence-corrected chi connectivity index (χ4v) is 1.26. The fraction of sp³-hybridized carbons (Fsp3) is 0.667. The molecule has 5 nitrogen and oxygen atoms in total. The Balaban J connectivity index is 2.98. The molecule has 0 amide bonds. The SMILES string of the molecule is CSCCn1c(=O)[nH]n(C)c1=O. The predicted molar refractivity (Wildman–Crippen MR) is 48.7 cm³/mol. The molecule has 1 aromatic rings. The first kappa shape index (κ1) is 9.18. The number of nitrogens with zero attached hydrogens (tertiary/aromatic N) is 2. The van der Waals surface area contributed by atoms with E-state index in [1.165, 1.54) is 16.3 Å². The topological polar surface area (TPSA) is 59.8 Å². The zero-order valence-electron chi connectivity index (χ0n) is 7.03. The number of rotatable bonds is 3. The van der Waals surface area contributed by atoms with Crippen LogP contribution in [0.5, 0.6) is 0 Å². The summed E-state index contributed by atoms with van der Waals surface area (Å²) in [6, 6.07) is 0. The van der Waals surface area contributed by atoms with Crippen molar-refractivity contribution in [3.63, 3.8) is 0 Å². The lowest BCUT2D eigenvalue weighted by Gasteiger charge is -1.94. The van der Waals surface area contributed by atoms with Crippen LogP contribution in [-0.4, -0.2) is 26.4 Å². The number of aromatic nitrogens is 3. The molecule has 0 aliphatic rings. The fourth-order valence-electron chi connectivity index (χ4n) is 0.899. The Morgan fingerprint density at radius 3 is 2.58 bits per heavy atom. The van der Waals surface area contributed by atoms with Crippen molar-refractivity contribution in [1.29, 1.82) is 0 Å². The molecule has 6 heteroatoms. The molecule has 0 saturated heterocycles. The van der Waals surface area contributed by atoms with E-state index in [1.807, 2.05) is 6.26 Å². The maximum absolute atomic E-state index is 11.2. The van der Waals surface area contributed by atoms with Gasteiger partial charge in [-0.3, -0.25) is 0 Å². The molecule has 1 aromatic heterocycles. The van der Waals surface area contributed by atoms with Crippen molar-refractivity contribution in [2.45, 2.75) is 6.54 Å². The second-order valence-corrected chi connectivity index (χ2v) is 3.39. The van der Waals surface area contributed by atoms with Crippen molar-refractivity contribution in [1.82, 2.24) is 14.3 Å².